The molecule has 6 nitrogen and oxygen atoms in total. The van der Waals surface area contributed by atoms with Crippen LogP contribution in [-0.4, -0.2) is 37.9 Å². The molecule has 0 bridgehead atoms. The summed E-state index contributed by atoms with van der Waals surface area (Å²) in [5.74, 6) is 1.21. The van der Waals surface area contributed by atoms with Crippen molar-refractivity contribution in [2.45, 2.75) is 32.2 Å². The Morgan fingerprint density at radius 3 is 2.96 bits per heavy atom. The Balaban J connectivity index is 1.50. The predicted octanol–water partition coefficient (Wildman–Crippen LogP) is 3.82. The smallest absolute Gasteiger partial charge is 0.188 e. The fraction of sp³-hybridized carbons (Fsp3) is 0.412. The number of thiazole rings is 2. The zero-order chi connectivity index (χ0) is 17.1. The van der Waals surface area contributed by atoms with Crippen molar-refractivity contribution in [3.05, 3.63) is 45.7 Å². The van der Waals surface area contributed by atoms with Crippen molar-refractivity contribution in [2.75, 3.05) is 18.4 Å². The van der Waals surface area contributed by atoms with Gasteiger partial charge in [-0.15, -0.1) is 22.7 Å². The van der Waals surface area contributed by atoms with Crippen LogP contribution in [0.4, 0.5) is 10.9 Å². The van der Waals surface area contributed by atoms with Gasteiger partial charge in [-0.3, -0.25) is 9.88 Å². The molecule has 1 N–H and O–H groups in total. The first-order valence-corrected chi connectivity index (χ1v) is 10.1. The van der Waals surface area contributed by atoms with Crippen LogP contribution in [0.1, 0.15) is 35.0 Å². The molecule has 3 aromatic rings. The molecule has 0 radical (unpaired) electrons. The monoisotopic (exact) mass is 372 g/mol. The lowest BCUT2D eigenvalue weighted by molar-refractivity contribution is 0.197. The summed E-state index contributed by atoms with van der Waals surface area (Å²) >= 11 is 3.29. The lowest BCUT2D eigenvalue weighted by Crippen LogP contribution is -2.34. The number of aryl methyl sites for hydroxylation is 1. The molecule has 0 amide bonds. The third-order valence-corrected chi connectivity index (χ3v) is 5.80. The Kier molecular flexibility index (Phi) is 5.00. The number of aromatic nitrogens is 4. The van der Waals surface area contributed by atoms with Gasteiger partial charge in [0.2, 0.25) is 0 Å². The molecule has 1 atom stereocenters. The molecule has 1 aliphatic heterocycles. The Labute approximate surface area is 155 Å². The van der Waals surface area contributed by atoms with Crippen LogP contribution in [0.2, 0.25) is 0 Å². The predicted molar refractivity (Wildman–Crippen MR) is 102 cm³/mol. The summed E-state index contributed by atoms with van der Waals surface area (Å²) in [6.45, 7) is 5.07. The Morgan fingerprint density at radius 2 is 2.16 bits per heavy atom. The van der Waals surface area contributed by atoms with Crippen molar-refractivity contribution in [1.82, 2.24) is 24.8 Å². The van der Waals surface area contributed by atoms with Crippen molar-refractivity contribution in [2.24, 2.45) is 0 Å². The van der Waals surface area contributed by atoms with E-state index in [9.17, 15) is 0 Å². The highest BCUT2D eigenvalue weighted by Crippen LogP contribution is 2.31. The maximum absolute atomic E-state index is 4.65. The summed E-state index contributed by atoms with van der Waals surface area (Å²) in [5.41, 5.74) is 4.09. The highest BCUT2D eigenvalue weighted by Gasteiger charge is 2.25. The fourth-order valence-electron chi connectivity index (χ4n) is 3.22. The summed E-state index contributed by atoms with van der Waals surface area (Å²) < 4.78 is 0. The number of nitrogens with zero attached hydrogens (tertiary/aromatic N) is 5. The normalized spacial score (nSPS) is 18.4. The summed E-state index contributed by atoms with van der Waals surface area (Å²) in [6, 6.07) is 0. The van der Waals surface area contributed by atoms with E-state index in [0.717, 1.165) is 48.4 Å². The molecule has 1 fully saturated rings. The average Bonchev–Trinajstić information content (AvgIpc) is 3.27. The topological polar surface area (TPSA) is 66.8 Å². The van der Waals surface area contributed by atoms with Gasteiger partial charge in [0.1, 0.15) is 0 Å². The minimum Gasteiger partial charge on any atom is -0.315 e. The van der Waals surface area contributed by atoms with Gasteiger partial charge in [-0.1, -0.05) is 0 Å². The molecule has 0 aromatic carbocycles. The molecule has 4 heterocycles. The maximum atomic E-state index is 4.65. The van der Waals surface area contributed by atoms with Gasteiger partial charge in [-0.05, 0) is 26.3 Å². The van der Waals surface area contributed by atoms with Gasteiger partial charge in [0.05, 0.1) is 16.9 Å². The number of rotatable bonds is 5. The van der Waals surface area contributed by atoms with Crippen molar-refractivity contribution in [3.8, 4) is 0 Å². The van der Waals surface area contributed by atoms with Crippen LogP contribution in [0.5, 0.6) is 0 Å². The number of piperidine rings is 1. The maximum Gasteiger partial charge on any atom is 0.188 e. The standard InChI is InChI=1S/C17H20N6S2/c1-12-7-20-17(25-12)22-16-15(18-4-5-19-16)13-3-2-6-23(8-13)9-14-10-24-11-21-14/h4-5,7,10-11,13H,2-3,6,8-9H2,1H3,(H,19,20,22). The lowest BCUT2D eigenvalue weighted by Gasteiger charge is -2.32. The second-order valence-corrected chi connectivity index (χ2v) is 8.20. The molecule has 1 saturated heterocycles. The number of anilines is 2. The largest absolute Gasteiger partial charge is 0.315 e. The molecule has 8 heteroatoms. The molecule has 0 saturated carbocycles. The van der Waals surface area contributed by atoms with Gasteiger partial charge in [0, 0.05) is 47.9 Å². The Bertz CT molecular complexity index is 816. The van der Waals surface area contributed by atoms with Gasteiger partial charge < -0.3 is 5.32 Å². The van der Waals surface area contributed by atoms with E-state index in [-0.39, 0.29) is 0 Å². The second kappa shape index (κ2) is 7.55. The van der Waals surface area contributed by atoms with Gasteiger partial charge in [-0.25, -0.2) is 15.0 Å². The van der Waals surface area contributed by atoms with E-state index in [1.807, 2.05) is 11.7 Å². The van der Waals surface area contributed by atoms with E-state index in [4.69, 9.17) is 0 Å². The van der Waals surface area contributed by atoms with E-state index in [2.05, 4.69) is 42.5 Å². The summed E-state index contributed by atoms with van der Waals surface area (Å²) in [7, 11) is 0. The van der Waals surface area contributed by atoms with Crippen LogP contribution in [-0.2, 0) is 6.54 Å². The number of nitrogens with one attached hydrogen (secondary N) is 1. The van der Waals surface area contributed by atoms with Crippen LogP contribution in [0.3, 0.4) is 0 Å². The molecule has 1 unspecified atom stereocenters. The fourth-order valence-corrected chi connectivity index (χ4v) is 4.44. The summed E-state index contributed by atoms with van der Waals surface area (Å²) in [4.78, 5) is 21.6. The quantitative estimate of drug-likeness (QED) is 0.734. The molecule has 3 aromatic heterocycles. The van der Waals surface area contributed by atoms with Crippen LogP contribution in [0.25, 0.3) is 0 Å². The minimum absolute atomic E-state index is 0.379. The van der Waals surface area contributed by atoms with Crippen molar-refractivity contribution >= 4 is 33.6 Å². The molecule has 0 aliphatic carbocycles. The van der Waals surface area contributed by atoms with Crippen molar-refractivity contribution in [3.63, 3.8) is 0 Å². The first-order chi connectivity index (χ1) is 12.3. The lowest BCUT2D eigenvalue weighted by atomic mass is 9.94. The van der Waals surface area contributed by atoms with Crippen molar-refractivity contribution in [1.29, 1.82) is 0 Å². The van der Waals surface area contributed by atoms with E-state index < -0.39 is 0 Å². The van der Waals surface area contributed by atoms with Gasteiger partial charge >= 0.3 is 0 Å². The van der Waals surface area contributed by atoms with Gasteiger partial charge in [0.25, 0.3) is 0 Å². The first kappa shape index (κ1) is 16.6. The average molecular weight is 373 g/mol. The summed E-state index contributed by atoms with van der Waals surface area (Å²) in [6.07, 6.45) is 7.70. The number of likely N-dealkylation sites (tertiary alicyclic amines) is 1. The van der Waals surface area contributed by atoms with Crippen LogP contribution in [0, 0.1) is 6.92 Å². The molecule has 130 valence electrons. The molecule has 4 rings (SSSR count). The van der Waals surface area contributed by atoms with Gasteiger partial charge in [0.15, 0.2) is 10.9 Å². The van der Waals surface area contributed by atoms with Crippen LogP contribution < -0.4 is 5.32 Å². The first-order valence-electron chi connectivity index (χ1n) is 8.37. The summed E-state index contributed by atoms with van der Waals surface area (Å²) in [5, 5.41) is 6.35. The second-order valence-electron chi connectivity index (χ2n) is 6.25. The zero-order valence-corrected chi connectivity index (χ0v) is 15.7. The highest BCUT2D eigenvalue weighted by molar-refractivity contribution is 7.15. The van der Waals surface area contributed by atoms with Crippen LogP contribution in [0.15, 0.2) is 29.5 Å². The molecular weight excluding hydrogens is 352 g/mol. The van der Waals surface area contributed by atoms with Crippen molar-refractivity contribution < 1.29 is 0 Å². The number of hydrogen-bond acceptors (Lipinski definition) is 8. The minimum atomic E-state index is 0.379. The Morgan fingerprint density at radius 1 is 1.24 bits per heavy atom. The third-order valence-electron chi connectivity index (χ3n) is 4.33. The zero-order valence-electron chi connectivity index (χ0n) is 14.1. The van der Waals surface area contributed by atoms with E-state index in [1.54, 1.807) is 35.1 Å². The van der Waals surface area contributed by atoms with E-state index in [0.29, 0.717) is 5.92 Å². The molecule has 0 spiro atoms. The highest BCUT2D eigenvalue weighted by atomic mass is 32.1. The SMILES string of the molecule is Cc1cnc(Nc2nccnc2C2CCCN(Cc3cscn3)C2)s1. The molecule has 1 aliphatic rings. The van der Waals surface area contributed by atoms with Gasteiger partial charge in [-0.2, -0.15) is 0 Å². The number of hydrogen-bond donors (Lipinski definition) is 1. The van der Waals surface area contributed by atoms with E-state index in [1.165, 1.54) is 11.3 Å². The molecule has 25 heavy (non-hydrogen) atoms. The van der Waals surface area contributed by atoms with Crippen LogP contribution >= 0.6 is 22.7 Å². The van der Waals surface area contributed by atoms with E-state index >= 15 is 0 Å². The Hall–Kier alpha value is -1.90. The molecular formula is C17H20N6S2. The third kappa shape index (κ3) is 4.02.